The van der Waals surface area contributed by atoms with Crippen molar-refractivity contribution in [1.29, 1.82) is 0 Å². The first kappa shape index (κ1) is 16.2. The van der Waals surface area contributed by atoms with E-state index >= 15 is 0 Å². The largest absolute Gasteiger partial charge is 0.386 e. The van der Waals surface area contributed by atoms with Gasteiger partial charge in [-0.3, -0.25) is 0 Å². The number of aryl methyl sites for hydroxylation is 2. The molecule has 1 heterocycles. The molecule has 0 spiro atoms. The molecule has 0 aliphatic rings. The highest BCUT2D eigenvalue weighted by Gasteiger charge is 2.11. The zero-order chi connectivity index (χ0) is 16.1. The van der Waals surface area contributed by atoms with Crippen molar-refractivity contribution in [3.63, 3.8) is 0 Å². The summed E-state index contributed by atoms with van der Waals surface area (Å²) in [4.78, 5) is 15.3. The number of anilines is 2. The van der Waals surface area contributed by atoms with Crippen molar-refractivity contribution in [2.75, 3.05) is 17.3 Å². The second-order valence-corrected chi connectivity index (χ2v) is 5.22. The van der Waals surface area contributed by atoms with Crippen molar-refractivity contribution in [3.05, 3.63) is 41.7 Å². The fraction of sp³-hybridized carbons (Fsp3) is 0.312. The Balaban J connectivity index is 2.31. The molecule has 0 aliphatic carbocycles. The van der Waals surface area contributed by atoms with Crippen molar-refractivity contribution < 1.29 is 0 Å². The summed E-state index contributed by atoms with van der Waals surface area (Å²) in [5.41, 5.74) is 9.34. The summed E-state index contributed by atoms with van der Waals surface area (Å²) in [5, 5.41) is 0. The van der Waals surface area contributed by atoms with Crippen molar-refractivity contribution in [2.24, 2.45) is 10.7 Å². The van der Waals surface area contributed by atoms with E-state index in [0.29, 0.717) is 11.8 Å². The van der Waals surface area contributed by atoms with Gasteiger partial charge >= 0.3 is 0 Å². The van der Waals surface area contributed by atoms with Crippen LogP contribution in [0.15, 0.2) is 35.3 Å². The van der Waals surface area contributed by atoms with Crippen molar-refractivity contribution in [2.45, 2.75) is 20.8 Å². The lowest BCUT2D eigenvalue weighted by Gasteiger charge is -2.21. The number of amidine groups is 1. The SMILES string of the molecule is CCN(c1ccc(N=C(N)CCl)cc1)c1nc(C)cc(C)n1. The van der Waals surface area contributed by atoms with Crippen LogP contribution in [0, 0.1) is 13.8 Å². The fourth-order valence-corrected chi connectivity index (χ4v) is 2.23. The van der Waals surface area contributed by atoms with E-state index in [1.165, 1.54) is 0 Å². The molecule has 0 bridgehead atoms. The summed E-state index contributed by atoms with van der Waals surface area (Å²) in [6, 6.07) is 9.72. The summed E-state index contributed by atoms with van der Waals surface area (Å²) in [5.74, 6) is 1.33. The second-order valence-electron chi connectivity index (χ2n) is 4.95. The minimum Gasteiger partial charge on any atom is -0.386 e. The van der Waals surface area contributed by atoms with Crippen LogP contribution in [0.4, 0.5) is 17.3 Å². The van der Waals surface area contributed by atoms with E-state index in [9.17, 15) is 0 Å². The van der Waals surface area contributed by atoms with Gasteiger partial charge in [0.05, 0.1) is 11.6 Å². The van der Waals surface area contributed by atoms with E-state index < -0.39 is 0 Å². The van der Waals surface area contributed by atoms with Gasteiger partial charge in [-0.1, -0.05) is 0 Å². The number of nitrogens with two attached hydrogens (primary N) is 1. The summed E-state index contributed by atoms with van der Waals surface area (Å²) >= 11 is 5.64. The van der Waals surface area contributed by atoms with Crippen LogP contribution < -0.4 is 10.6 Å². The fourth-order valence-electron chi connectivity index (χ4n) is 2.17. The number of nitrogens with zero attached hydrogens (tertiary/aromatic N) is 4. The summed E-state index contributed by atoms with van der Waals surface area (Å²) in [6.45, 7) is 6.78. The second kappa shape index (κ2) is 7.22. The van der Waals surface area contributed by atoms with E-state index in [-0.39, 0.29) is 5.88 Å². The first-order valence-corrected chi connectivity index (χ1v) is 7.65. The topological polar surface area (TPSA) is 67.4 Å². The molecule has 2 rings (SSSR count). The molecule has 0 amide bonds. The van der Waals surface area contributed by atoms with Gasteiger partial charge in [0.1, 0.15) is 5.84 Å². The molecule has 116 valence electrons. The Morgan fingerprint density at radius 2 is 1.77 bits per heavy atom. The first-order valence-electron chi connectivity index (χ1n) is 7.12. The third-order valence-electron chi connectivity index (χ3n) is 3.10. The molecule has 5 nitrogen and oxygen atoms in total. The number of hydrogen-bond acceptors (Lipinski definition) is 4. The molecule has 2 N–H and O–H groups in total. The Hall–Kier alpha value is -2.14. The smallest absolute Gasteiger partial charge is 0.230 e. The molecule has 0 fully saturated rings. The molecule has 22 heavy (non-hydrogen) atoms. The zero-order valence-corrected chi connectivity index (χ0v) is 13.8. The lowest BCUT2D eigenvalue weighted by atomic mass is 10.2. The Labute approximate surface area is 135 Å². The Kier molecular flexibility index (Phi) is 5.33. The highest BCUT2D eigenvalue weighted by Crippen LogP contribution is 2.25. The van der Waals surface area contributed by atoms with Gasteiger partial charge in [0.25, 0.3) is 0 Å². The first-order chi connectivity index (χ1) is 10.5. The minimum atomic E-state index is 0.221. The molecular weight excluding hydrogens is 298 g/mol. The molecule has 0 atom stereocenters. The van der Waals surface area contributed by atoms with Crippen LogP contribution in [0.1, 0.15) is 18.3 Å². The lowest BCUT2D eigenvalue weighted by Crippen LogP contribution is -2.19. The number of aliphatic imine (C=N–C) groups is 1. The van der Waals surface area contributed by atoms with Gasteiger partial charge < -0.3 is 10.6 Å². The number of aromatic nitrogens is 2. The van der Waals surface area contributed by atoms with Crippen molar-refractivity contribution >= 4 is 34.8 Å². The van der Waals surface area contributed by atoms with Crippen LogP contribution in [-0.4, -0.2) is 28.2 Å². The highest BCUT2D eigenvalue weighted by atomic mass is 35.5. The van der Waals surface area contributed by atoms with Crippen LogP contribution in [0.5, 0.6) is 0 Å². The lowest BCUT2D eigenvalue weighted by molar-refractivity contribution is 0.920. The van der Waals surface area contributed by atoms with E-state index in [1.807, 2.05) is 44.2 Å². The van der Waals surface area contributed by atoms with E-state index in [0.717, 1.165) is 29.3 Å². The average Bonchev–Trinajstić information content (AvgIpc) is 2.48. The maximum absolute atomic E-state index is 5.64. The summed E-state index contributed by atoms with van der Waals surface area (Å²) in [7, 11) is 0. The maximum atomic E-state index is 5.64. The third kappa shape index (κ3) is 3.95. The standard InChI is InChI=1S/C16H20ClN5/c1-4-22(16-19-11(2)9-12(3)20-16)14-7-5-13(6-8-14)21-15(18)10-17/h5-9H,4,10H2,1-3H3,(H2,18,21). The van der Waals surface area contributed by atoms with E-state index in [4.69, 9.17) is 17.3 Å². The Morgan fingerprint density at radius 1 is 1.18 bits per heavy atom. The molecule has 2 aromatic rings. The van der Waals surface area contributed by atoms with Crippen LogP contribution in [-0.2, 0) is 0 Å². The van der Waals surface area contributed by atoms with Gasteiger partial charge in [-0.05, 0) is 51.1 Å². The predicted molar refractivity (Wildman–Crippen MR) is 92.6 cm³/mol. The van der Waals surface area contributed by atoms with Gasteiger partial charge in [-0.15, -0.1) is 11.6 Å². The van der Waals surface area contributed by atoms with Gasteiger partial charge in [0.2, 0.25) is 5.95 Å². The molecule has 1 aromatic heterocycles. The quantitative estimate of drug-likeness (QED) is 0.521. The number of benzene rings is 1. The molecular formula is C16H20ClN5. The molecule has 6 heteroatoms. The van der Waals surface area contributed by atoms with Gasteiger partial charge in [0.15, 0.2) is 0 Å². The predicted octanol–water partition coefficient (Wildman–Crippen LogP) is 3.48. The zero-order valence-electron chi connectivity index (χ0n) is 13.0. The number of halogens is 1. The van der Waals surface area contributed by atoms with Gasteiger partial charge in [-0.2, -0.15) is 0 Å². The maximum Gasteiger partial charge on any atom is 0.230 e. The molecule has 1 aromatic carbocycles. The Bertz CT molecular complexity index is 646. The molecule has 0 saturated heterocycles. The number of alkyl halides is 1. The third-order valence-corrected chi connectivity index (χ3v) is 3.37. The highest BCUT2D eigenvalue weighted by molar-refractivity contribution is 6.28. The van der Waals surface area contributed by atoms with E-state index in [1.54, 1.807) is 0 Å². The number of rotatable bonds is 5. The van der Waals surface area contributed by atoms with Crippen molar-refractivity contribution in [1.82, 2.24) is 9.97 Å². The Morgan fingerprint density at radius 3 is 2.27 bits per heavy atom. The van der Waals surface area contributed by atoms with Crippen LogP contribution in [0.2, 0.25) is 0 Å². The van der Waals surface area contributed by atoms with Crippen LogP contribution >= 0.6 is 11.6 Å². The monoisotopic (exact) mass is 317 g/mol. The summed E-state index contributed by atoms with van der Waals surface area (Å²) < 4.78 is 0. The summed E-state index contributed by atoms with van der Waals surface area (Å²) in [6.07, 6.45) is 0. The van der Waals surface area contributed by atoms with Crippen LogP contribution in [0.25, 0.3) is 0 Å². The van der Waals surface area contributed by atoms with Gasteiger partial charge in [0, 0.05) is 23.6 Å². The number of hydrogen-bond donors (Lipinski definition) is 1. The molecule has 0 radical (unpaired) electrons. The molecule has 0 aliphatic heterocycles. The minimum absolute atomic E-state index is 0.221. The van der Waals surface area contributed by atoms with E-state index in [2.05, 4.69) is 26.8 Å². The average molecular weight is 318 g/mol. The van der Waals surface area contributed by atoms with Crippen LogP contribution in [0.3, 0.4) is 0 Å². The molecule has 0 unspecified atom stereocenters. The normalized spacial score (nSPS) is 11.5. The van der Waals surface area contributed by atoms with Crippen molar-refractivity contribution in [3.8, 4) is 0 Å². The molecule has 0 saturated carbocycles. The van der Waals surface area contributed by atoms with Gasteiger partial charge in [-0.25, -0.2) is 15.0 Å².